The van der Waals surface area contributed by atoms with Gasteiger partial charge in [-0.05, 0) is 6.42 Å². The van der Waals surface area contributed by atoms with Crippen LogP contribution in [0, 0.1) is 0 Å². The van der Waals surface area contributed by atoms with E-state index in [1.165, 1.54) is 57.8 Å². The van der Waals surface area contributed by atoms with Gasteiger partial charge in [-0.3, -0.25) is 0 Å². The molecule has 1 saturated heterocycles. The summed E-state index contributed by atoms with van der Waals surface area (Å²) in [6, 6.07) is 0. The Labute approximate surface area is 147 Å². The van der Waals surface area contributed by atoms with Crippen molar-refractivity contribution < 1.29 is 25.2 Å². The highest BCUT2D eigenvalue weighted by atomic mass is 16.5. The maximum atomic E-state index is 9.97. The molecule has 4 N–H and O–H groups in total. The maximum Gasteiger partial charge on any atom is 0.111 e. The Balaban J connectivity index is 2.02. The standard InChI is InChI=1S/C19H38O5/c1-2-3-4-5-6-7-8-9-10-11-12-13-15-17(21)19(23)18(22)16(14-20)24-15/h15-23H,2-14H2,1H3/t15?,16?,17?,18-,19+/m0/s1. The lowest BCUT2D eigenvalue weighted by molar-refractivity contribution is -0.230. The fraction of sp³-hybridized carbons (Fsp3) is 1.00. The van der Waals surface area contributed by atoms with Crippen molar-refractivity contribution in [2.75, 3.05) is 6.61 Å². The van der Waals surface area contributed by atoms with Gasteiger partial charge in [0.2, 0.25) is 0 Å². The number of ether oxygens (including phenoxy) is 1. The third-order valence-corrected chi connectivity index (χ3v) is 5.08. The second-order valence-electron chi connectivity index (χ2n) is 7.19. The molecule has 0 aromatic heterocycles. The normalized spacial score (nSPS) is 30.6. The minimum atomic E-state index is -1.24. The first kappa shape index (κ1) is 21.8. The molecule has 3 unspecified atom stereocenters. The zero-order chi connectivity index (χ0) is 17.8. The molecule has 0 amide bonds. The Morgan fingerprint density at radius 2 is 1.08 bits per heavy atom. The van der Waals surface area contributed by atoms with E-state index in [9.17, 15) is 15.3 Å². The summed E-state index contributed by atoms with van der Waals surface area (Å²) in [5.74, 6) is 0. The van der Waals surface area contributed by atoms with Crippen LogP contribution >= 0.6 is 0 Å². The molecule has 5 atom stereocenters. The fourth-order valence-electron chi connectivity index (χ4n) is 3.43. The predicted molar refractivity (Wildman–Crippen MR) is 94.8 cm³/mol. The van der Waals surface area contributed by atoms with Crippen molar-refractivity contribution in [3.05, 3.63) is 0 Å². The van der Waals surface area contributed by atoms with E-state index in [0.717, 1.165) is 12.8 Å². The molecule has 5 heteroatoms. The summed E-state index contributed by atoms with van der Waals surface area (Å²) >= 11 is 0. The van der Waals surface area contributed by atoms with Crippen molar-refractivity contribution in [1.29, 1.82) is 0 Å². The highest BCUT2D eigenvalue weighted by Crippen LogP contribution is 2.25. The van der Waals surface area contributed by atoms with E-state index in [1.807, 2.05) is 0 Å². The fourth-order valence-corrected chi connectivity index (χ4v) is 3.43. The van der Waals surface area contributed by atoms with Crippen LogP contribution in [-0.4, -0.2) is 57.6 Å². The molecular formula is C19H38O5. The summed E-state index contributed by atoms with van der Waals surface area (Å²) in [7, 11) is 0. The van der Waals surface area contributed by atoms with Gasteiger partial charge in [0.05, 0.1) is 12.7 Å². The van der Waals surface area contributed by atoms with Crippen LogP contribution in [0.15, 0.2) is 0 Å². The van der Waals surface area contributed by atoms with Gasteiger partial charge in [0.15, 0.2) is 0 Å². The number of hydrogen-bond acceptors (Lipinski definition) is 5. The van der Waals surface area contributed by atoms with Crippen LogP contribution in [0.5, 0.6) is 0 Å². The first-order valence-corrected chi connectivity index (χ1v) is 9.92. The molecule has 1 aliphatic rings. The summed E-state index contributed by atoms with van der Waals surface area (Å²) in [5.41, 5.74) is 0. The molecule has 0 bridgehead atoms. The molecule has 24 heavy (non-hydrogen) atoms. The smallest absolute Gasteiger partial charge is 0.111 e. The highest BCUT2D eigenvalue weighted by Gasteiger charge is 2.42. The highest BCUT2D eigenvalue weighted by molar-refractivity contribution is 4.91. The SMILES string of the molecule is CCCCCCCCCCCCCC1OC(CO)[C@H](O)[C@H](O)C1O. The van der Waals surface area contributed by atoms with E-state index in [4.69, 9.17) is 9.84 Å². The summed E-state index contributed by atoms with van der Waals surface area (Å²) in [6.45, 7) is 1.89. The lowest BCUT2D eigenvalue weighted by atomic mass is 9.92. The Morgan fingerprint density at radius 3 is 1.58 bits per heavy atom. The second kappa shape index (κ2) is 13.1. The lowest BCUT2D eigenvalue weighted by Crippen LogP contribution is -2.58. The average molecular weight is 347 g/mol. The minimum absolute atomic E-state index is 0.348. The number of rotatable bonds is 13. The zero-order valence-corrected chi connectivity index (χ0v) is 15.3. The van der Waals surface area contributed by atoms with Gasteiger partial charge in [0.1, 0.15) is 24.4 Å². The summed E-state index contributed by atoms with van der Waals surface area (Å²) in [6.07, 6.45) is 9.64. The Morgan fingerprint density at radius 1 is 0.625 bits per heavy atom. The molecule has 0 aromatic rings. The van der Waals surface area contributed by atoms with E-state index in [1.54, 1.807) is 0 Å². The molecule has 0 radical (unpaired) electrons. The van der Waals surface area contributed by atoms with Crippen molar-refractivity contribution >= 4 is 0 Å². The van der Waals surface area contributed by atoms with Gasteiger partial charge >= 0.3 is 0 Å². The van der Waals surface area contributed by atoms with Crippen LogP contribution in [0.2, 0.25) is 0 Å². The zero-order valence-electron chi connectivity index (χ0n) is 15.3. The van der Waals surface area contributed by atoms with Crippen molar-refractivity contribution in [3.63, 3.8) is 0 Å². The molecule has 1 heterocycles. The third-order valence-electron chi connectivity index (χ3n) is 5.08. The lowest BCUT2D eigenvalue weighted by Gasteiger charge is -2.40. The van der Waals surface area contributed by atoms with E-state index < -0.39 is 30.5 Å². The maximum absolute atomic E-state index is 9.97. The van der Waals surface area contributed by atoms with Gasteiger partial charge in [0.25, 0.3) is 0 Å². The quantitative estimate of drug-likeness (QED) is 0.385. The van der Waals surface area contributed by atoms with Gasteiger partial charge in [-0.2, -0.15) is 0 Å². The third kappa shape index (κ3) is 7.79. The van der Waals surface area contributed by atoms with Crippen LogP contribution in [0.3, 0.4) is 0 Å². The van der Waals surface area contributed by atoms with Crippen molar-refractivity contribution in [2.45, 2.75) is 114 Å². The van der Waals surface area contributed by atoms with Gasteiger partial charge < -0.3 is 25.2 Å². The number of hydrogen-bond donors (Lipinski definition) is 4. The summed E-state index contributed by atoms with van der Waals surface area (Å²) < 4.78 is 5.51. The second-order valence-corrected chi connectivity index (χ2v) is 7.19. The van der Waals surface area contributed by atoms with E-state index in [-0.39, 0.29) is 6.61 Å². The van der Waals surface area contributed by atoms with Crippen LogP contribution in [-0.2, 0) is 4.74 Å². The van der Waals surface area contributed by atoms with Crippen LogP contribution < -0.4 is 0 Å². The van der Waals surface area contributed by atoms with E-state index in [2.05, 4.69) is 6.92 Å². The number of aliphatic hydroxyl groups excluding tert-OH is 4. The molecule has 5 nitrogen and oxygen atoms in total. The topological polar surface area (TPSA) is 90.2 Å². The molecule has 1 aliphatic heterocycles. The van der Waals surface area contributed by atoms with Crippen LogP contribution in [0.25, 0.3) is 0 Å². The van der Waals surface area contributed by atoms with Gasteiger partial charge in [-0.1, -0.05) is 77.6 Å². The Hall–Kier alpha value is -0.200. The van der Waals surface area contributed by atoms with E-state index in [0.29, 0.717) is 6.42 Å². The molecule has 0 aromatic carbocycles. The number of aliphatic hydroxyl groups is 4. The summed E-state index contributed by atoms with van der Waals surface area (Å²) in [5, 5.41) is 38.6. The molecule has 144 valence electrons. The summed E-state index contributed by atoms with van der Waals surface area (Å²) in [4.78, 5) is 0. The van der Waals surface area contributed by atoms with Crippen LogP contribution in [0.1, 0.15) is 84.0 Å². The van der Waals surface area contributed by atoms with Crippen molar-refractivity contribution in [3.8, 4) is 0 Å². The predicted octanol–water partition coefficient (Wildman–Crippen LogP) is 2.53. The Bertz CT molecular complexity index is 297. The van der Waals surface area contributed by atoms with E-state index >= 15 is 0 Å². The first-order valence-electron chi connectivity index (χ1n) is 9.92. The largest absolute Gasteiger partial charge is 0.394 e. The molecule has 1 fully saturated rings. The Kier molecular flexibility index (Phi) is 11.9. The van der Waals surface area contributed by atoms with Crippen LogP contribution in [0.4, 0.5) is 0 Å². The molecule has 1 rings (SSSR count). The monoisotopic (exact) mass is 346 g/mol. The van der Waals surface area contributed by atoms with Gasteiger partial charge in [-0.25, -0.2) is 0 Å². The van der Waals surface area contributed by atoms with Crippen molar-refractivity contribution in [2.24, 2.45) is 0 Å². The van der Waals surface area contributed by atoms with Crippen molar-refractivity contribution in [1.82, 2.24) is 0 Å². The molecular weight excluding hydrogens is 308 g/mol. The molecule has 0 spiro atoms. The molecule has 0 saturated carbocycles. The van der Waals surface area contributed by atoms with Gasteiger partial charge in [-0.15, -0.1) is 0 Å². The average Bonchev–Trinajstić information content (AvgIpc) is 2.59. The molecule has 0 aliphatic carbocycles. The minimum Gasteiger partial charge on any atom is -0.394 e. The number of unbranched alkanes of at least 4 members (excludes halogenated alkanes) is 10. The van der Waals surface area contributed by atoms with Gasteiger partial charge in [0, 0.05) is 0 Å². The first-order chi connectivity index (χ1) is 11.6.